The number of carboxylic acid groups (broad SMARTS) is 1. The van der Waals surface area contributed by atoms with Crippen molar-refractivity contribution >= 4 is 18.0 Å². The monoisotopic (exact) mass is 466 g/mol. The van der Waals surface area contributed by atoms with Gasteiger partial charge < -0.3 is 25.2 Å². The fourth-order valence-electron chi connectivity index (χ4n) is 4.84. The summed E-state index contributed by atoms with van der Waals surface area (Å²) in [5.74, 6) is -1.37. The zero-order valence-corrected chi connectivity index (χ0v) is 19.3. The van der Waals surface area contributed by atoms with Gasteiger partial charge in [0.2, 0.25) is 5.91 Å². The van der Waals surface area contributed by atoms with Gasteiger partial charge in [0.1, 0.15) is 6.61 Å². The number of hydrogen-bond acceptors (Lipinski definition) is 5. The molecule has 8 nitrogen and oxygen atoms in total. The van der Waals surface area contributed by atoms with Crippen molar-refractivity contribution in [2.45, 2.75) is 50.3 Å². The first-order valence-electron chi connectivity index (χ1n) is 11.5. The summed E-state index contributed by atoms with van der Waals surface area (Å²) < 4.78 is 10.6. The number of methoxy groups -OCH3 is 1. The Labute approximate surface area is 198 Å². The van der Waals surface area contributed by atoms with Crippen LogP contribution in [-0.2, 0) is 19.1 Å². The third-order valence-electron chi connectivity index (χ3n) is 6.80. The molecule has 2 aliphatic carbocycles. The van der Waals surface area contributed by atoms with Crippen molar-refractivity contribution in [3.05, 3.63) is 59.7 Å². The number of benzene rings is 2. The maximum Gasteiger partial charge on any atom is 0.407 e. The lowest BCUT2D eigenvalue weighted by molar-refractivity contribution is -0.145. The highest BCUT2D eigenvalue weighted by Crippen LogP contribution is 2.44. The Bertz CT molecular complexity index is 1020. The van der Waals surface area contributed by atoms with Crippen LogP contribution in [0.1, 0.15) is 43.2 Å². The number of nitrogens with one attached hydrogen (secondary N) is 2. The van der Waals surface area contributed by atoms with Crippen molar-refractivity contribution < 1.29 is 29.0 Å². The Balaban J connectivity index is 1.22. The van der Waals surface area contributed by atoms with Gasteiger partial charge >= 0.3 is 12.1 Å². The molecular weight excluding hydrogens is 436 g/mol. The summed E-state index contributed by atoms with van der Waals surface area (Å²) >= 11 is 0. The molecule has 34 heavy (non-hydrogen) atoms. The Morgan fingerprint density at radius 1 is 1.03 bits per heavy atom. The predicted molar refractivity (Wildman–Crippen MR) is 125 cm³/mol. The standard InChI is InChI=1S/C26H30N2O6/c1-15(33-2)24(25(30)31)28-23(29)13-16-11-17(12-16)27-26(32)34-14-22-20-9-5-3-7-18(20)19-8-4-6-10-21(19)22/h3-10,15-17,22,24H,11-14H2,1-2H3,(H,27,32)(H,28,29)(H,30,31). The van der Waals surface area contributed by atoms with Crippen molar-refractivity contribution in [3.63, 3.8) is 0 Å². The number of carbonyl (C=O) groups is 3. The maximum atomic E-state index is 12.4. The molecule has 180 valence electrons. The Morgan fingerprint density at radius 3 is 2.18 bits per heavy atom. The van der Waals surface area contributed by atoms with Crippen LogP contribution in [0.3, 0.4) is 0 Å². The number of ether oxygens (including phenoxy) is 2. The van der Waals surface area contributed by atoms with E-state index >= 15 is 0 Å². The van der Waals surface area contributed by atoms with Crippen molar-refractivity contribution in [2.75, 3.05) is 13.7 Å². The molecule has 2 amide bonds. The van der Waals surface area contributed by atoms with E-state index in [-0.39, 0.29) is 36.8 Å². The molecule has 2 aromatic rings. The molecule has 2 atom stereocenters. The Hall–Kier alpha value is -3.39. The molecule has 0 heterocycles. The summed E-state index contributed by atoms with van der Waals surface area (Å²) in [6, 6.07) is 15.2. The third-order valence-corrected chi connectivity index (χ3v) is 6.80. The number of hydrogen-bond donors (Lipinski definition) is 3. The lowest BCUT2D eigenvalue weighted by Gasteiger charge is -2.35. The van der Waals surface area contributed by atoms with Gasteiger partial charge in [0.05, 0.1) is 6.10 Å². The summed E-state index contributed by atoms with van der Waals surface area (Å²) in [6.07, 6.45) is 0.411. The first-order chi connectivity index (χ1) is 16.4. The summed E-state index contributed by atoms with van der Waals surface area (Å²) in [4.78, 5) is 35.9. The van der Waals surface area contributed by atoms with Crippen LogP contribution in [-0.4, -0.2) is 55.0 Å². The number of aliphatic carboxylic acids is 1. The zero-order chi connectivity index (χ0) is 24.2. The number of carboxylic acids is 1. The normalized spacial score (nSPS) is 20.3. The maximum absolute atomic E-state index is 12.4. The van der Waals surface area contributed by atoms with Crippen LogP contribution in [0.4, 0.5) is 4.79 Å². The first kappa shape index (κ1) is 23.8. The predicted octanol–water partition coefficient (Wildman–Crippen LogP) is 3.30. The van der Waals surface area contributed by atoms with Gasteiger partial charge in [0, 0.05) is 25.5 Å². The molecule has 1 fully saturated rings. The van der Waals surface area contributed by atoms with Crippen LogP contribution in [0.15, 0.2) is 48.5 Å². The topological polar surface area (TPSA) is 114 Å². The SMILES string of the molecule is COC(C)C(NC(=O)CC1CC(NC(=O)OCC2c3ccccc3-c3ccccc32)C1)C(=O)O. The molecule has 2 unspecified atom stereocenters. The molecule has 0 radical (unpaired) electrons. The fraction of sp³-hybridized carbons (Fsp3) is 0.423. The van der Waals surface area contributed by atoms with Crippen molar-refractivity contribution in [2.24, 2.45) is 5.92 Å². The van der Waals surface area contributed by atoms with Crippen LogP contribution in [0.2, 0.25) is 0 Å². The van der Waals surface area contributed by atoms with Crippen molar-refractivity contribution in [1.82, 2.24) is 10.6 Å². The summed E-state index contributed by atoms with van der Waals surface area (Å²) in [7, 11) is 1.40. The molecule has 8 heteroatoms. The summed E-state index contributed by atoms with van der Waals surface area (Å²) in [6.45, 7) is 1.85. The third kappa shape index (κ3) is 5.07. The van der Waals surface area contributed by atoms with Gasteiger partial charge in [-0.15, -0.1) is 0 Å². The minimum Gasteiger partial charge on any atom is -0.480 e. The Morgan fingerprint density at radius 2 is 1.62 bits per heavy atom. The van der Waals surface area contributed by atoms with Crippen LogP contribution in [0.5, 0.6) is 0 Å². The van der Waals surface area contributed by atoms with Crippen LogP contribution >= 0.6 is 0 Å². The van der Waals surface area contributed by atoms with Gasteiger partial charge in [0.15, 0.2) is 6.04 Å². The molecule has 2 aromatic carbocycles. The van der Waals surface area contributed by atoms with E-state index in [0.717, 1.165) is 11.1 Å². The van der Waals surface area contributed by atoms with E-state index in [4.69, 9.17) is 9.47 Å². The van der Waals surface area contributed by atoms with E-state index in [1.165, 1.54) is 18.2 Å². The number of fused-ring (bicyclic) bond motifs is 3. The van der Waals surface area contributed by atoms with Crippen LogP contribution in [0.25, 0.3) is 11.1 Å². The largest absolute Gasteiger partial charge is 0.480 e. The Kier molecular flexibility index (Phi) is 7.17. The fourth-order valence-corrected chi connectivity index (χ4v) is 4.84. The minimum absolute atomic E-state index is 0.00709. The summed E-state index contributed by atoms with van der Waals surface area (Å²) in [5.41, 5.74) is 4.68. The van der Waals surface area contributed by atoms with E-state index < -0.39 is 24.2 Å². The quantitative estimate of drug-likeness (QED) is 0.523. The molecule has 0 aromatic heterocycles. The zero-order valence-electron chi connectivity index (χ0n) is 19.3. The van der Waals surface area contributed by atoms with E-state index in [1.54, 1.807) is 6.92 Å². The molecular formula is C26H30N2O6. The van der Waals surface area contributed by atoms with Gasteiger partial charge in [-0.3, -0.25) is 4.79 Å². The lowest BCUT2D eigenvalue weighted by Crippen LogP contribution is -2.50. The molecule has 0 saturated heterocycles. The second kappa shape index (κ2) is 10.3. The van der Waals surface area contributed by atoms with E-state index in [0.29, 0.717) is 12.8 Å². The number of rotatable bonds is 9. The average molecular weight is 467 g/mol. The van der Waals surface area contributed by atoms with E-state index in [9.17, 15) is 19.5 Å². The van der Waals surface area contributed by atoms with Crippen LogP contribution in [0, 0.1) is 5.92 Å². The highest BCUT2D eigenvalue weighted by molar-refractivity contribution is 5.84. The van der Waals surface area contributed by atoms with Gasteiger partial charge in [-0.2, -0.15) is 0 Å². The van der Waals surface area contributed by atoms with Crippen molar-refractivity contribution in [3.8, 4) is 11.1 Å². The minimum atomic E-state index is -1.13. The number of alkyl carbamates (subject to hydrolysis) is 1. The molecule has 0 aliphatic heterocycles. The molecule has 3 N–H and O–H groups in total. The molecule has 2 aliphatic rings. The summed E-state index contributed by atoms with van der Waals surface area (Å²) in [5, 5.41) is 14.6. The number of amides is 2. The second-order valence-electron chi connectivity index (χ2n) is 9.03. The molecule has 0 spiro atoms. The van der Waals surface area contributed by atoms with Crippen LogP contribution < -0.4 is 10.6 Å². The molecule has 1 saturated carbocycles. The van der Waals surface area contributed by atoms with Crippen molar-refractivity contribution in [1.29, 1.82) is 0 Å². The van der Waals surface area contributed by atoms with Gasteiger partial charge in [0.25, 0.3) is 0 Å². The van der Waals surface area contributed by atoms with E-state index in [2.05, 4.69) is 34.9 Å². The van der Waals surface area contributed by atoms with Gasteiger partial charge in [-0.05, 0) is 47.9 Å². The number of carbonyl (C=O) groups excluding carboxylic acids is 2. The smallest absolute Gasteiger partial charge is 0.407 e. The molecule has 0 bridgehead atoms. The van der Waals surface area contributed by atoms with E-state index in [1.807, 2.05) is 24.3 Å². The van der Waals surface area contributed by atoms with Gasteiger partial charge in [-0.25, -0.2) is 9.59 Å². The average Bonchev–Trinajstić information content (AvgIpc) is 3.13. The second-order valence-corrected chi connectivity index (χ2v) is 9.03. The highest BCUT2D eigenvalue weighted by Gasteiger charge is 2.35. The lowest BCUT2D eigenvalue weighted by atomic mass is 9.78. The first-order valence-corrected chi connectivity index (χ1v) is 11.5. The highest BCUT2D eigenvalue weighted by atomic mass is 16.5. The molecule has 4 rings (SSSR count). The van der Waals surface area contributed by atoms with Gasteiger partial charge in [-0.1, -0.05) is 48.5 Å².